The van der Waals surface area contributed by atoms with Crippen molar-refractivity contribution < 1.29 is 9.32 Å². The van der Waals surface area contributed by atoms with E-state index in [1.165, 1.54) is 22.0 Å². The number of aromatic nitrogens is 2. The Morgan fingerprint density at radius 3 is 2.96 bits per heavy atom. The van der Waals surface area contributed by atoms with E-state index in [9.17, 15) is 4.79 Å². The summed E-state index contributed by atoms with van der Waals surface area (Å²) in [5.74, 6) is 0.782. The Morgan fingerprint density at radius 2 is 2.19 bits per heavy atom. The fourth-order valence-electron chi connectivity index (χ4n) is 4.03. The minimum Gasteiger partial charge on any atom is -0.359 e. The first-order valence-corrected chi connectivity index (χ1v) is 9.55. The second-order valence-electron chi connectivity index (χ2n) is 7.49. The van der Waals surface area contributed by atoms with Crippen molar-refractivity contribution in [3.8, 4) is 0 Å². The zero-order chi connectivity index (χ0) is 19.0. The minimum absolute atomic E-state index is 0.00766. The highest BCUT2D eigenvalue weighted by atomic mass is 16.5. The third kappa shape index (κ3) is 3.44. The topological polar surface area (TPSA) is 63.3 Å². The number of carbonyl (C=O) groups is 1. The second-order valence-corrected chi connectivity index (χ2v) is 7.49. The maximum atomic E-state index is 12.7. The van der Waals surface area contributed by atoms with Gasteiger partial charge in [0, 0.05) is 43.3 Å². The van der Waals surface area contributed by atoms with Crippen LogP contribution in [0.3, 0.4) is 0 Å². The number of amides is 2. The normalized spacial score (nSPS) is 17.0. The van der Waals surface area contributed by atoms with Gasteiger partial charge in [0.1, 0.15) is 0 Å². The van der Waals surface area contributed by atoms with Crippen molar-refractivity contribution in [1.82, 2.24) is 19.9 Å². The molecule has 1 unspecified atom stereocenters. The van der Waals surface area contributed by atoms with Crippen molar-refractivity contribution in [2.45, 2.75) is 39.2 Å². The molecule has 6 heteroatoms. The molecule has 0 bridgehead atoms. The molecule has 3 heterocycles. The lowest BCUT2D eigenvalue weighted by molar-refractivity contribution is 0.182. The first kappa shape index (κ1) is 17.6. The third-order valence-electron chi connectivity index (χ3n) is 5.39. The highest BCUT2D eigenvalue weighted by Gasteiger charge is 2.32. The summed E-state index contributed by atoms with van der Waals surface area (Å²) in [5, 5.41) is 8.30. The van der Waals surface area contributed by atoms with Crippen LogP contribution in [0.2, 0.25) is 0 Å². The molecule has 0 aliphatic carbocycles. The van der Waals surface area contributed by atoms with Crippen molar-refractivity contribution in [2.24, 2.45) is 7.05 Å². The van der Waals surface area contributed by atoms with Gasteiger partial charge in [-0.3, -0.25) is 0 Å². The van der Waals surface area contributed by atoms with Gasteiger partial charge in [0.05, 0.1) is 11.7 Å². The van der Waals surface area contributed by atoms with Crippen LogP contribution >= 0.6 is 0 Å². The Balaban J connectivity index is 1.40. The first-order valence-electron chi connectivity index (χ1n) is 9.55. The van der Waals surface area contributed by atoms with Crippen molar-refractivity contribution >= 4 is 16.9 Å². The van der Waals surface area contributed by atoms with E-state index in [-0.39, 0.29) is 12.1 Å². The van der Waals surface area contributed by atoms with E-state index in [1.54, 1.807) is 0 Å². The van der Waals surface area contributed by atoms with E-state index in [2.05, 4.69) is 53.4 Å². The number of fused-ring (bicyclic) bond motifs is 1. The number of urea groups is 1. The smallest absolute Gasteiger partial charge is 0.318 e. The van der Waals surface area contributed by atoms with Gasteiger partial charge in [0.25, 0.3) is 0 Å². The van der Waals surface area contributed by atoms with Gasteiger partial charge in [-0.15, -0.1) is 0 Å². The quantitative estimate of drug-likeness (QED) is 0.762. The van der Waals surface area contributed by atoms with E-state index >= 15 is 0 Å². The molecule has 0 spiro atoms. The number of hydrogen-bond donors (Lipinski definition) is 1. The van der Waals surface area contributed by atoms with Crippen LogP contribution in [0, 0.1) is 13.8 Å². The molecule has 6 nitrogen and oxygen atoms in total. The molecule has 1 aliphatic heterocycles. The zero-order valence-electron chi connectivity index (χ0n) is 16.2. The molecule has 0 saturated carbocycles. The summed E-state index contributed by atoms with van der Waals surface area (Å²) >= 11 is 0. The van der Waals surface area contributed by atoms with Gasteiger partial charge in [-0.05, 0) is 50.3 Å². The summed E-state index contributed by atoms with van der Waals surface area (Å²) in [7, 11) is 2.07. The van der Waals surface area contributed by atoms with Gasteiger partial charge in [-0.2, -0.15) is 0 Å². The molecule has 1 fully saturated rings. The monoisotopic (exact) mass is 366 g/mol. The summed E-state index contributed by atoms with van der Waals surface area (Å²) in [6, 6.07) is 8.40. The van der Waals surface area contributed by atoms with Crippen LogP contribution in [-0.4, -0.2) is 33.7 Å². The van der Waals surface area contributed by atoms with Crippen molar-refractivity contribution in [1.29, 1.82) is 0 Å². The van der Waals surface area contributed by atoms with E-state index in [0.29, 0.717) is 6.54 Å². The lowest BCUT2D eigenvalue weighted by atomic mass is 10.1. The highest BCUT2D eigenvalue weighted by molar-refractivity contribution is 5.84. The van der Waals surface area contributed by atoms with Crippen LogP contribution < -0.4 is 5.32 Å². The van der Waals surface area contributed by atoms with Crippen LogP contribution in [0.15, 0.2) is 35.0 Å². The third-order valence-corrected chi connectivity index (χ3v) is 5.39. The standard InChI is InChI=1S/C21H26N4O2/c1-14-6-7-17-16(13-24(3)19(17)11-14)8-9-22-21(26)25-10-4-5-18(25)20-12-15(2)23-27-20/h6-7,11-13,18H,4-5,8-10H2,1-3H3,(H,22,26). The molecule has 1 aliphatic rings. The van der Waals surface area contributed by atoms with Gasteiger partial charge in [0.2, 0.25) is 0 Å². The number of aryl methyl sites for hydroxylation is 3. The molecule has 0 radical (unpaired) electrons. The molecular weight excluding hydrogens is 340 g/mol. The van der Waals surface area contributed by atoms with E-state index < -0.39 is 0 Å². The minimum atomic E-state index is -0.0253. The molecule has 2 aromatic heterocycles. The predicted octanol–water partition coefficient (Wildman–Crippen LogP) is 3.87. The molecule has 1 saturated heterocycles. The van der Waals surface area contributed by atoms with Gasteiger partial charge in [-0.25, -0.2) is 4.79 Å². The average Bonchev–Trinajstić information content (AvgIpc) is 3.34. The van der Waals surface area contributed by atoms with Crippen LogP contribution in [0.5, 0.6) is 0 Å². The molecule has 1 aromatic carbocycles. The molecule has 142 valence electrons. The van der Waals surface area contributed by atoms with Crippen LogP contribution in [0.4, 0.5) is 4.79 Å². The maximum Gasteiger partial charge on any atom is 0.318 e. The number of nitrogens with zero attached hydrogens (tertiary/aromatic N) is 3. The number of likely N-dealkylation sites (tertiary alicyclic amines) is 1. The number of nitrogens with one attached hydrogen (secondary N) is 1. The lowest BCUT2D eigenvalue weighted by Gasteiger charge is -2.23. The SMILES string of the molecule is Cc1ccc2c(CCNC(=O)N3CCCC3c3cc(C)no3)cn(C)c2c1. The Kier molecular flexibility index (Phi) is 4.64. The van der Waals surface area contributed by atoms with E-state index in [4.69, 9.17) is 4.52 Å². The predicted molar refractivity (Wildman–Crippen MR) is 105 cm³/mol. The maximum absolute atomic E-state index is 12.7. The van der Waals surface area contributed by atoms with Crippen LogP contribution in [-0.2, 0) is 13.5 Å². The summed E-state index contributed by atoms with van der Waals surface area (Å²) < 4.78 is 7.54. The summed E-state index contributed by atoms with van der Waals surface area (Å²) in [6.07, 6.45) is 4.88. The van der Waals surface area contributed by atoms with E-state index in [1.807, 2.05) is 17.9 Å². The van der Waals surface area contributed by atoms with E-state index in [0.717, 1.165) is 37.3 Å². The molecule has 27 heavy (non-hydrogen) atoms. The molecule has 4 rings (SSSR count). The Morgan fingerprint density at radius 1 is 1.33 bits per heavy atom. The zero-order valence-corrected chi connectivity index (χ0v) is 16.2. The fraction of sp³-hybridized carbons (Fsp3) is 0.429. The van der Waals surface area contributed by atoms with Crippen molar-refractivity contribution in [2.75, 3.05) is 13.1 Å². The van der Waals surface area contributed by atoms with Gasteiger partial charge < -0.3 is 19.3 Å². The Hall–Kier alpha value is -2.76. The molecule has 2 amide bonds. The van der Waals surface area contributed by atoms with Crippen molar-refractivity contribution in [3.63, 3.8) is 0 Å². The number of hydrogen-bond acceptors (Lipinski definition) is 3. The Bertz CT molecular complexity index is 972. The Labute approximate surface area is 159 Å². The second kappa shape index (κ2) is 7.10. The van der Waals surface area contributed by atoms with Gasteiger partial charge in [0.15, 0.2) is 5.76 Å². The van der Waals surface area contributed by atoms with Crippen LogP contribution in [0.1, 0.15) is 41.5 Å². The van der Waals surface area contributed by atoms with Gasteiger partial charge in [-0.1, -0.05) is 17.3 Å². The van der Waals surface area contributed by atoms with Crippen LogP contribution in [0.25, 0.3) is 10.9 Å². The largest absolute Gasteiger partial charge is 0.359 e. The fourth-order valence-corrected chi connectivity index (χ4v) is 4.03. The molecular formula is C21H26N4O2. The average molecular weight is 366 g/mol. The lowest BCUT2D eigenvalue weighted by Crippen LogP contribution is -2.40. The summed E-state index contributed by atoms with van der Waals surface area (Å²) in [4.78, 5) is 14.6. The summed E-state index contributed by atoms with van der Waals surface area (Å²) in [6.45, 7) is 5.38. The van der Waals surface area contributed by atoms with Gasteiger partial charge >= 0.3 is 6.03 Å². The number of benzene rings is 1. The highest BCUT2D eigenvalue weighted by Crippen LogP contribution is 2.32. The molecule has 1 N–H and O–H groups in total. The number of carbonyl (C=O) groups excluding carboxylic acids is 1. The first-order chi connectivity index (χ1) is 13.0. The molecule has 3 aromatic rings. The molecule has 1 atom stereocenters. The van der Waals surface area contributed by atoms with Crippen molar-refractivity contribution in [3.05, 3.63) is 53.0 Å². The summed E-state index contributed by atoms with van der Waals surface area (Å²) in [5.41, 5.74) is 4.60. The number of rotatable bonds is 4.